The predicted molar refractivity (Wildman–Crippen MR) is 123 cm³/mol. The van der Waals surface area contributed by atoms with Gasteiger partial charge >= 0.3 is 0 Å². The molecule has 0 saturated carbocycles. The fraction of sp³-hybridized carbons (Fsp3) is 0.250. The number of hydrogen-bond donors (Lipinski definition) is 0. The van der Waals surface area contributed by atoms with Gasteiger partial charge in [-0.3, -0.25) is 4.79 Å². The van der Waals surface area contributed by atoms with E-state index in [1.807, 2.05) is 40.7 Å². The number of aryl methyl sites for hydroxylation is 1. The third-order valence-electron chi connectivity index (χ3n) is 5.69. The standard InChI is InChI=1S/C24H23N5O2S/c1-17-6-7-18(15-21(17)23-25-10-13-32-23)14-19-16-31-12-11-28(19)24(30)20-4-2-3-5-22(20)29-26-8-9-27-29/h2-10,13,15,19H,11-12,14,16H2,1H3. The maximum atomic E-state index is 13.6. The predicted octanol–water partition coefficient (Wildman–Crippen LogP) is 3.78. The number of carbonyl (C=O) groups excluding carboxylic acids is 1. The largest absolute Gasteiger partial charge is 0.377 e. The molecule has 4 aromatic rings. The first kappa shape index (κ1) is 20.5. The smallest absolute Gasteiger partial charge is 0.256 e. The molecule has 0 radical (unpaired) electrons. The van der Waals surface area contributed by atoms with Gasteiger partial charge in [-0.25, -0.2) is 4.98 Å². The molecule has 1 aliphatic heterocycles. The van der Waals surface area contributed by atoms with E-state index in [2.05, 4.69) is 40.3 Å². The Balaban J connectivity index is 1.42. The van der Waals surface area contributed by atoms with Crippen LogP contribution in [0, 0.1) is 6.92 Å². The van der Waals surface area contributed by atoms with Gasteiger partial charge in [-0.05, 0) is 42.7 Å². The normalized spacial score (nSPS) is 16.3. The SMILES string of the molecule is Cc1ccc(CC2COCCN2C(=O)c2ccccc2-n2nccn2)cc1-c1nccs1. The van der Waals surface area contributed by atoms with Crippen molar-refractivity contribution in [3.05, 3.63) is 83.1 Å². The molecule has 0 aliphatic carbocycles. The second kappa shape index (κ2) is 9.02. The molecule has 0 bridgehead atoms. The lowest BCUT2D eigenvalue weighted by molar-refractivity contribution is -0.00164. The van der Waals surface area contributed by atoms with Crippen molar-refractivity contribution in [2.24, 2.45) is 0 Å². The van der Waals surface area contributed by atoms with Gasteiger partial charge in [0, 0.05) is 23.7 Å². The second-order valence-corrected chi connectivity index (χ2v) is 8.65. The summed E-state index contributed by atoms with van der Waals surface area (Å²) in [6.45, 7) is 3.69. The van der Waals surface area contributed by atoms with E-state index in [0.29, 0.717) is 37.4 Å². The van der Waals surface area contributed by atoms with Crippen molar-refractivity contribution < 1.29 is 9.53 Å². The molecule has 2 aromatic carbocycles. The van der Waals surface area contributed by atoms with Crippen LogP contribution in [0.1, 0.15) is 21.5 Å². The average Bonchev–Trinajstić information content (AvgIpc) is 3.55. The van der Waals surface area contributed by atoms with Gasteiger partial charge in [-0.1, -0.05) is 24.3 Å². The van der Waals surface area contributed by atoms with Crippen molar-refractivity contribution in [3.8, 4) is 16.3 Å². The number of aromatic nitrogens is 4. The summed E-state index contributed by atoms with van der Waals surface area (Å²) in [5.74, 6) is -0.0292. The Kier molecular flexibility index (Phi) is 5.79. The van der Waals surface area contributed by atoms with Crippen LogP contribution in [0.25, 0.3) is 16.3 Å². The van der Waals surface area contributed by atoms with E-state index in [4.69, 9.17) is 4.74 Å². The quantitative estimate of drug-likeness (QED) is 0.467. The number of nitrogens with zero attached hydrogens (tertiary/aromatic N) is 5. The van der Waals surface area contributed by atoms with Crippen molar-refractivity contribution in [2.45, 2.75) is 19.4 Å². The first-order valence-electron chi connectivity index (χ1n) is 10.5. The Morgan fingerprint density at radius 3 is 2.81 bits per heavy atom. The fourth-order valence-electron chi connectivity index (χ4n) is 4.07. The third kappa shape index (κ3) is 4.06. The van der Waals surface area contributed by atoms with Gasteiger partial charge in [0.15, 0.2) is 0 Å². The first-order chi connectivity index (χ1) is 15.7. The zero-order valence-corrected chi connectivity index (χ0v) is 18.5. The summed E-state index contributed by atoms with van der Waals surface area (Å²) in [4.78, 5) is 21.5. The van der Waals surface area contributed by atoms with Crippen molar-refractivity contribution in [3.63, 3.8) is 0 Å². The molecule has 1 unspecified atom stereocenters. The topological polar surface area (TPSA) is 73.1 Å². The lowest BCUT2D eigenvalue weighted by Gasteiger charge is -2.36. The molecule has 0 spiro atoms. The number of ether oxygens (including phenoxy) is 1. The van der Waals surface area contributed by atoms with E-state index >= 15 is 0 Å². The van der Waals surface area contributed by atoms with Crippen LogP contribution in [0.2, 0.25) is 0 Å². The monoisotopic (exact) mass is 445 g/mol. The molecule has 2 aromatic heterocycles. The van der Waals surface area contributed by atoms with Crippen LogP contribution >= 0.6 is 11.3 Å². The summed E-state index contributed by atoms with van der Waals surface area (Å²) < 4.78 is 5.77. The number of para-hydroxylation sites is 1. The molecule has 1 amide bonds. The van der Waals surface area contributed by atoms with E-state index < -0.39 is 0 Å². The molecule has 1 saturated heterocycles. The lowest BCUT2D eigenvalue weighted by atomic mass is 9.98. The van der Waals surface area contributed by atoms with Crippen LogP contribution in [-0.2, 0) is 11.2 Å². The molecule has 1 aliphatic rings. The zero-order valence-electron chi connectivity index (χ0n) is 17.7. The summed E-state index contributed by atoms with van der Waals surface area (Å²) in [5, 5.41) is 11.4. The molecule has 1 atom stereocenters. The van der Waals surface area contributed by atoms with Crippen molar-refractivity contribution >= 4 is 17.2 Å². The first-order valence-corrected chi connectivity index (χ1v) is 11.4. The van der Waals surface area contributed by atoms with Crippen LogP contribution in [0.3, 0.4) is 0 Å². The molecule has 32 heavy (non-hydrogen) atoms. The highest BCUT2D eigenvalue weighted by Gasteiger charge is 2.30. The van der Waals surface area contributed by atoms with E-state index in [-0.39, 0.29) is 11.9 Å². The Bertz CT molecular complexity index is 1210. The zero-order chi connectivity index (χ0) is 21.9. The average molecular weight is 446 g/mol. The van der Waals surface area contributed by atoms with E-state index in [1.165, 1.54) is 10.4 Å². The van der Waals surface area contributed by atoms with Gasteiger partial charge in [-0.2, -0.15) is 15.0 Å². The van der Waals surface area contributed by atoms with Crippen molar-refractivity contribution in [1.82, 2.24) is 24.9 Å². The molecule has 162 valence electrons. The van der Waals surface area contributed by atoms with Crippen molar-refractivity contribution in [2.75, 3.05) is 19.8 Å². The summed E-state index contributed by atoms with van der Waals surface area (Å²) >= 11 is 1.63. The number of benzene rings is 2. The number of carbonyl (C=O) groups is 1. The Morgan fingerprint density at radius 1 is 1.16 bits per heavy atom. The van der Waals surface area contributed by atoms with Crippen LogP contribution in [-0.4, -0.2) is 56.6 Å². The molecule has 1 fully saturated rings. The molecule has 7 nitrogen and oxygen atoms in total. The van der Waals surface area contributed by atoms with Crippen LogP contribution in [0.4, 0.5) is 0 Å². The van der Waals surface area contributed by atoms with Gasteiger partial charge in [0.1, 0.15) is 5.01 Å². The Morgan fingerprint density at radius 2 is 2.00 bits per heavy atom. The third-order valence-corrected chi connectivity index (χ3v) is 6.50. The molecule has 3 heterocycles. The highest BCUT2D eigenvalue weighted by molar-refractivity contribution is 7.13. The molecule has 8 heteroatoms. The number of thiazole rings is 1. The van der Waals surface area contributed by atoms with Crippen LogP contribution < -0.4 is 0 Å². The number of morpholine rings is 1. The summed E-state index contributed by atoms with van der Waals surface area (Å²) in [6.07, 6.45) is 5.76. The van der Waals surface area contributed by atoms with Crippen LogP contribution in [0.5, 0.6) is 0 Å². The summed E-state index contributed by atoms with van der Waals surface area (Å²) in [6, 6.07) is 13.8. The Labute approximate surface area is 190 Å². The number of rotatable bonds is 5. The van der Waals surface area contributed by atoms with Crippen LogP contribution in [0.15, 0.2) is 66.4 Å². The molecular weight excluding hydrogens is 422 g/mol. The lowest BCUT2D eigenvalue weighted by Crippen LogP contribution is -2.50. The van der Waals surface area contributed by atoms with Gasteiger partial charge in [0.2, 0.25) is 0 Å². The highest BCUT2D eigenvalue weighted by Crippen LogP contribution is 2.28. The fourth-order valence-corrected chi connectivity index (χ4v) is 4.79. The highest BCUT2D eigenvalue weighted by atomic mass is 32.1. The minimum Gasteiger partial charge on any atom is -0.377 e. The second-order valence-electron chi connectivity index (χ2n) is 7.75. The molecule has 5 rings (SSSR count). The maximum absolute atomic E-state index is 13.6. The molecular formula is C24H23N5O2S. The van der Waals surface area contributed by atoms with Gasteiger partial charge in [0.25, 0.3) is 5.91 Å². The minimum absolute atomic E-state index is 0.0292. The Hall–Kier alpha value is -3.36. The molecule has 0 N–H and O–H groups in total. The number of amides is 1. The van der Waals surface area contributed by atoms with Gasteiger partial charge in [0.05, 0.1) is 42.9 Å². The maximum Gasteiger partial charge on any atom is 0.256 e. The summed E-state index contributed by atoms with van der Waals surface area (Å²) in [7, 11) is 0. The summed E-state index contributed by atoms with van der Waals surface area (Å²) in [5.41, 5.74) is 4.76. The van der Waals surface area contributed by atoms with Gasteiger partial charge < -0.3 is 9.64 Å². The number of hydrogen-bond acceptors (Lipinski definition) is 6. The van der Waals surface area contributed by atoms with E-state index in [1.54, 1.807) is 23.7 Å². The van der Waals surface area contributed by atoms with E-state index in [9.17, 15) is 4.79 Å². The van der Waals surface area contributed by atoms with E-state index in [0.717, 1.165) is 16.1 Å². The van der Waals surface area contributed by atoms with Gasteiger partial charge in [-0.15, -0.1) is 11.3 Å². The minimum atomic E-state index is -0.0539. The van der Waals surface area contributed by atoms with Crippen molar-refractivity contribution in [1.29, 1.82) is 0 Å².